The molecule has 0 radical (unpaired) electrons. The molecule has 4 aromatic rings. The number of pyridine rings is 1. The molecule has 0 atom stereocenters. The summed E-state index contributed by atoms with van der Waals surface area (Å²) in [5, 5.41) is 1.92. The molecule has 4 heterocycles. The van der Waals surface area contributed by atoms with Crippen molar-refractivity contribution in [3.63, 3.8) is 0 Å². The molecule has 1 saturated heterocycles. The standard InChI is InChI=1S/C31H34ClN3O2S/c1-36-25-13-9-12-23(30(25)37-2)27-28-22-14-17-35(18-21-10-5-3-6-11-21)20-26(22)38-31(28)33-24(29(27)32)19-34-15-7-4-8-16-34/h3,5-6,9-13H,4,7-8,14-20H2,1-2H3. The minimum atomic E-state index is 0.710. The number of likely N-dealkylation sites (tertiary alicyclic amines) is 1. The SMILES string of the molecule is COc1cccc(-c2c(Cl)c(CN3CCCCC3)nc3sc4c(c23)CCN(Cc2ccccc2)C4)c1OC. The Morgan fingerprint density at radius 3 is 2.47 bits per heavy atom. The lowest BCUT2D eigenvalue weighted by molar-refractivity contribution is 0.219. The van der Waals surface area contributed by atoms with E-state index in [1.165, 1.54) is 40.7 Å². The molecule has 0 N–H and O–H groups in total. The van der Waals surface area contributed by atoms with Crippen LogP contribution in [0, 0.1) is 0 Å². The monoisotopic (exact) mass is 547 g/mol. The van der Waals surface area contributed by atoms with Crippen LogP contribution in [0.4, 0.5) is 0 Å². The van der Waals surface area contributed by atoms with Crippen LogP contribution in [0.2, 0.25) is 5.02 Å². The number of benzene rings is 2. The zero-order valence-corrected chi connectivity index (χ0v) is 23.7. The summed E-state index contributed by atoms with van der Waals surface area (Å²) in [6, 6.07) is 16.8. The van der Waals surface area contributed by atoms with E-state index >= 15 is 0 Å². The first kappa shape index (κ1) is 25.6. The zero-order valence-electron chi connectivity index (χ0n) is 22.1. The summed E-state index contributed by atoms with van der Waals surface area (Å²) in [4.78, 5) is 12.7. The van der Waals surface area contributed by atoms with Crippen LogP contribution in [0.15, 0.2) is 48.5 Å². The molecule has 1 fully saturated rings. The average molecular weight is 548 g/mol. The maximum atomic E-state index is 7.31. The van der Waals surface area contributed by atoms with Gasteiger partial charge in [0.25, 0.3) is 0 Å². The molecule has 0 unspecified atom stereocenters. The van der Waals surface area contributed by atoms with Crippen LogP contribution in [-0.2, 0) is 26.1 Å². The van der Waals surface area contributed by atoms with Gasteiger partial charge in [0.1, 0.15) is 4.83 Å². The Kier molecular flexibility index (Phi) is 7.57. The van der Waals surface area contributed by atoms with Crippen molar-refractivity contribution in [1.29, 1.82) is 0 Å². The van der Waals surface area contributed by atoms with Crippen molar-refractivity contribution < 1.29 is 9.47 Å². The second-order valence-electron chi connectivity index (χ2n) is 10.3. The van der Waals surface area contributed by atoms with E-state index in [1.54, 1.807) is 14.2 Å². The molecular formula is C31H34ClN3O2S. The van der Waals surface area contributed by atoms with Crippen LogP contribution >= 0.6 is 22.9 Å². The number of fused-ring (bicyclic) bond motifs is 3. The molecular weight excluding hydrogens is 514 g/mol. The number of thiophene rings is 1. The number of hydrogen-bond acceptors (Lipinski definition) is 6. The summed E-state index contributed by atoms with van der Waals surface area (Å²) in [6.07, 6.45) is 4.76. The topological polar surface area (TPSA) is 37.8 Å². The summed E-state index contributed by atoms with van der Waals surface area (Å²) in [7, 11) is 3.38. The molecule has 0 aliphatic carbocycles. The normalized spacial score (nSPS) is 16.5. The average Bonchev–Trinajstić information content (AvgIpc) is 3.31. The minimum absolute atomic E-state index is 0.710. The van der Waals surface area contributed by atoms with Crippen molar-refractivity contribution in [2.45, 2.75) is 45.3 Å². The van der Waals surface area contributed by atoms with Gasteiger partial charge in [0.05, 0.1) is 24.9 Å². The number of para-hydroxylation sites is 1. The number of methoxy groups -OCH3 is 2. The van der Waals surface area contributed by atoms with Crippen LogP contribution in [0.1, 0.15) is 41.0 Å². The summed E-state index contributed by atoms with van der Waals surface area (Å²) >= 11 is 9.14. The van der Waals surface area contributed by atoms with Crippen LogP contribution in [0.5, 0.6) is 11.5 Å². The van der Waals surface area contributed by atoms with E-state index in [0.29, 0.717) is 5.75 Å². The first-order valence-corrected chi connectivity index (χ1v) is 14.7. The molecule has 2 aromatic carbocycles. The third-order valence-corrected chi connectivity index (χ3v) is 9.34. The molecule has 2 aromatic heterocycles. The summed E-state index contributed by atoms with van der Waals surface area (Å²) in [5.74, 6) is 1.43. The number of ether oxygens (including phenoxy) is 2. The minimum Gasteiger partial charge on any atom is -0.493 e. The van der Waals surface area contributed by atoms with Crippen molar-refractivity contribution in [1.82, 2.24) is 14.8 Å². The zero-order chi connectivity index (χ0) is 26.1. The Hall–Kier alpha value is -2.64. The van der Waals surface area contributed by atoms with Crippen molar-refractivity contribution >= 4 is 33.2 Å². The predicted octanol–water partition coefficient (Wildman–Crippen LogP) is 7.18. The van der Waals surface area contributed by atoms with E-state index in [0.717, 1.165) is 78.1 Å². The number of hydrogen-bond donors (Lipinski definition) is 0. The van der Waals surface area contributed by atoms with E-state index in [1.807, 2.05) is 23.5 Å². The smallest absolute Gasteiger partial charge is 0.168 e. The molecule has 7 heteroatoms. The summed E-state index contributed by atoms with van der Waals surface area (Å²) in [6.45, 7) is 5.87. The molecule has 6 rings (SSSR count). The van der Waals surface area contributed by atoms with Gasteiger partial charge in [-0.3, -0.25) is 9.80 Å². The van der Waals surface area contributed by atoms with E-state index in [9.17, 15) is 0 Å². The van der Waals surface area contributed by atoms with Gasteiger partial charge in [0.2, 0.25) is 0 Å². The van der Waals surface area contributed by atoms with Crippen LogP contribution in [0.25, 0.3) is 21.3 Å². The van der Waals surface area contributed by atoms with Gasteiger partial charge in [-0.1, -0.05) is 60.5 Å². The Balaban J connectivity index is 1.47. The number of nitrogens with zero attached hydrogens (tertiary/aromatic N) is 3. The van der Waals surface area contributed by atoms with Gasteiger partial charge >= 0.3 is 0 Å². The van der Waals surface area contributed by atoms with Crippen LogP contribution in [0.3, 0.4) is 0 Å². The lowest BCUT2D eigenvalue weighted by Gasteiger charge is -2.28. The lowest BCUT2D eigenvalue weighted by Crippen LogP contribution is -2.29. The Morgan fingerprint density at radius 1 is 0.895 bits per heavy atom. The van der Waals surface area contributed by atoms with Gasteiger partial charge < -0.3 is 9.47 Å². The highest BCUT2D eigenvalue weighted by molar-refractivity contribution is 7.19. The highest BCUT2D eigenvalue weighted by atomic mass is 35.5. The Labute approximate surface area is 234 Å². The second kappa shape index (κ2) is 11.2. The summed E-state index contributed by atoms with van der Waals surface area (Å²) in [5.41, 5.74) is 5.70. The maximum absolute atomic E-state index is 7.31. The highest BCUT2D eigenvalue weighted by Gasteiger charge is 2.29. The fraction of sp³-hybridized carbons (Fsp3) is 0.387. The fourth-order valence-corrected chi connectivity index (χ4v) is 7.54. The largest absolute Gasteiger partial charge is 0.493 e. The molecule has 2 aliphatic rings. The molecule has 0 bridgehead atoms. The van der Waals surface area contributed by atoms with Gasteiger partial charge in [-0.25, -0.2) is 4.98 Å². The molecule has 198 valence electrons. The van der Waals surface area contributed by atoms with Gasteiger partial charge in [0.15, 0.2) is 11.5 Å². The van der Waals surface area contributed by atoms with Crippen molar-refractivity contribution in [2.24, 2.45) is 0 Å². The number of aromatic nitrogens is 1. The fourth-order valence-electron chi connectivity index (χ4n) is 5.95. The third-order valence-electron chi connectivity index (χ3n) is 7.82. The van der Waals surface area contributed by atoms with Gasteiger partial charge in [0, 0.05) is 47.6 Å². The van der Waals surface area contributed by atoms with E-state index in [-0.39, 0.29) is 0 Å². The van der Waals surface area contributed by atoms with Crippen molar-refractivity contribution in [2.75, 3.05) is 33.9 Å². The lowest BCUT2D eigenvalue weighted by atomic mass is 9.95. The van der Waals surface area contributed by atoms with E-state index < -0.39 is 0 Å². The van der Waals surface area contributed by atoms with E-state index in [2.05, 4.69) is 46.2 Å². The Morgan fingerprint density at radius 2 is 1.71 bits per heavy atom. The van der Waals surface area contributed by atoms with Gasteiger partial charge in [-0.15, -0.1) is 11.3 Å². The van der Waals surface area contributed by atoms with Gasteiger partial charge in [-0.2, -0.15) is 0 Å². The quantitative estimate of drug-likeness (QED) is 0.245. The summed E-state index contributed by atoms with van der Waals surface area (Å²) < 4.78 is 11.6. The Bertz CT molecular complexity index is 1430. The number of rotatable bonds is 7. The van der Waals surface area contributed by atoms with Crippen molar-refractivity contribution in [3.05, 3.63) is 75.3 Å². The third kappa shape index (κ3) is 4.91. The first-order chi connectivity index (χ1) is 18.7. The maximum Gasteiger partial charge on any atom is 0.168 e. The highest BCUT2D eigenvalue weighted by Crippen LogP contribution is 2.48. The van der Waals surface area contributed by atoms with Crippen molar-refractivity contribution in [3.8, 4) is 22.6 Å². The molecule has 5 nitrogen and oxygen atoms in total. The predicted molar refractivity (Wildman–Crippen MR) is 157 cm³/mol. The van der Waals surface area contributed by atoms with Crippen LogP contribution in [-0.4, -0.2) is 48.6 Å². The molecule has 0 spiro atoms. The van der Waals surface area contributed by atoms with Gasteiger partial charge in [-0.05, 0) is 49.5 Å². The molecule has 0 saturated carbocycles. The molecule has 0 amide bonds. The second-order valence-corrected chi connectivity index (χ2v) is 11.7. The van der Waals surface area contributed by atoms with E-state index in [4.69, 9.17) is 26.1 Å². The molecule has 38 heavy (non-hydrogen) atoms. The first-order valence-electron chi connectivity index (χ1n) is 13.5. The number of halogens is 1. The molecule has 2 aliphatic heterocycles. The number of piperidine rings is 1. The van der Waals surface area contributed by atoms with Crippen LogP contribution < -0.4 is 9.47 Å².